The molecule has 0 saturated heterocycles. The van der Waals surface area contributed by atoms with Gasteiger partial charge in [-0.1, -0.05) is 11.6 Å². The van der Waals surface area contributed by atoms with E-state index in [1.807, 2.05) is 0 Å². The van der Waals surface area contributed by atoms with E-state index in [0.29, 0.717) is 41.1 Å². The number of ether oxygens (including phenoxy) is 2. The number of fused-ring (bicyclic) bond motifs is 1. The minimum Gasteiger partial charge on any atom is -0.489 e. The Morgan fingerprint density at radius 3 is 2.43 bits per heavy atom. The molecule has 7 nitrogen and oxygen atoms in total. The van der Waals surface area contributed by atoms with Crippen molar-refractivity contribution in [3.8, 4) is 11.5 Å². The molecule has 0 spiro atoms. The van der Waals surface area contributed by atoms with Gasteiger partial charge in [0.1, 0.15) is 0 Å². The summed E-state index contributed by atoms with van der Waals surface area (Å²) < 4.78 is 16.3. The third-order valence-electron chi connectivity index (χ3n) is 4.40. The Kier molecular flexibility index (Phi) is 5.90. The molecule has 1 aliphatic heterocycles. The molecule has 2 N–H and O–H groups in total. The Bertz CT molecular complexity index is 1050. The lowest BCUT2D eigenvalue weighted by atomic mass is 10.1. The van der Waals surface area contributed by atoms with Crippen LogP contribution < -0.4 is 20.1 Å². The standard InChI is InChI=1S/C22H19ClN2O5/c23-17-11-14(12-19-21(17)30-10-2-9-29-19)13-20(26)24-15-4-6-16(7-5-15)25-22(27)18-3-1-8-28-18/h1,3-8,11-12H,2,9-10,13H2,(H,24,26)(H,25,27). The third-order valence-corrected chi connectivity index (χ3v) is 4.68. The molecule has 1 aliphatic rings. The Labute approximate surface area is 177 Å². The summed E-state index contributed by atoms with van der Waals surface area (Å²) in [5, 5.41) is 5.97. The smallest absolute Gasteiger partial charge is 0.291 e. The number of halogens is 1. The first kappa shape index (κ1) is 19.8. The lowest BCUT2D eigenvalue weighted by Gasteiger charge is -2.12. The van der Waals surface area contributed by atoms with Gasteiger partial charge < -0.3 is 24.5 Å². The van der Waals surface area contributed by atoms with Gasteiger partial charge in [-0.25, -0.2) is 0 Å². The van der Waals surface area contributed by atoms with Gasteiger partial charge in [0.25, 0.3) is 5.91 Å². The van der Waals surface area contributed by atoms with E-state index in [-0.39, 0.29) is 24.0 Å². The molecule has 3 aromatic rings. The maximum absolute atomic E-state index is 12.4. The second-order valence-electron chi connectivity index (χ2n) is 6.69. The zero-order chi connectivity index (χ0) is 20.9. The van der Waals surface area contributed by atoms with Gasteiger partial charge in [0.2, 0.25) is 5.91 Å². The molecule has 0 radical (unpaired) electrons. The highest BCUT2D eigenvalue weighted by molar-refractivity contribution is 6.32. The van der Waals surface area contributed by atoms with Crippen LogP contribution in [0.2, 0.25) is 5.02 Å². The number of benzene rings is 2. The molecule has 2 amide bonds. The average Bonchev–Trinajstić information content (AvgIpc) is 3.16. The number of hydrogen-bond donors (Lipinski definition) is 2. The van der Waals surface area contributed by atoms with Crippen molar-refractivity contribution in [3.05, 3.63) is 71.1 Å². The summed E-state index contributed by atoms with van der Waals surface area (Å²) in [4.78, 5) is 24.4. The Balaban J connectivity index is 1.37. The molecule has 0 saturated carbocycles. The largest absolute Gasteiger partial charge is 0.489 e. The van der Waals surface area contributed by atoms with E-state index in [2.05, 4.69) is 10.6 Å². The van der Waals surface area contributed by atoms with Crippen molar-refractivity contribution in [2.75, 3.05) is 23.8 Å². The van der Waals surface area contributed by atoms with Gasteiger partial charge in [0.05, 0.1) is 30.9 Å². The molecule has 0 bridgehead atoms. The highest BCUT2D eigenvalue weighted by Crippen LogP contribution is 2.38. The summed E-state index contributed by atoms with van der Waals surface area (Å²) >= 11 is 6.28. The van der Waals surface area contributed by atoms with Crippen LogP contribution in [0.3, 0.4) is 0 Å². The topological polar surface area (TPSA) is 89.8 Å². The second kappa shape index (κ2) is 8.92. The van der Waals surface area contributed by atoms with Gasteiger partial charge in [-0.3, -0.25) is 9.59 Å². The Morgan fingerprint density at radius 2 is 1.70 bits per heavy atom. The Morgan fingerprint density at radius 1 is 0.967 bits per heavy atom. The fraction of sp³-hybridized carbons (Fsp3) is 0.182. The molecule has 0 aliphatic carbocycles. The van der Waals surface area contributed by atoms with Crippen molar-refractivity contribution in [1.82, 2.24) is 0 Å². The van der Waals surface area contributed by atoms with Crippen LogP contribution in [0.15, 0.2) is 59.2 Å². The third kappa shape index (κ3) is 4.75. The number of carbonyl (C=O) groups excluding carboxylic acids is 2. The molecular formula is C22H19ClN2O5. The number of anilines is 2. The van der Waals surface area contributed by atoms with Crippen LogP contribution in [0.25, 0.3) is 0 Å². The van der Waals surface area contributed by atoms with Crippen LogP contribution in [-0.2, 0) is 11.2 Å². The lowest BCUT2D eigenvalue weighted by Crippen LogP contribution is -2.15. The first-order valence-corrected chi connectivity index (χ1v) is 9.79. The Hall–Kier alpha value is -3.45. The highest BCUT2D eigenvalue weighted by atomic mass is 35.5. The molecule has 0 unspecified atom stereocenters. The first-order chi connectivity index (χ1) is 14.6. The van der Waals surface area contributed by atoms with Crippen molar-refractivity contribution in [2.45, 2.75) is 12.8 Å². The van der Waals surface area contributed by atoms with Crippen LogP contribution in [0.5, 0.6) is 11.5 Å². The fourth-order valence-corrected chi connectivity index (χ4v) is 3.30. The van der Waals surface area contributed by atoms with Gasteiger partial charge >= 0.3 is 0 Å². The molecule has 0 atom stereocenters. The zero-order valence-electron chi connectivity index (χ0n) is 15.9. The molecule has 30 heavy (non-hydrogen) atoms. The number of nitrogens with one attached hydrogen (secondary N) is 2. The van der Waals surface area contributed by atoms with Crippen LogP contribution >= 0.6 is 11.6 Å². The molecule has 8 heteroatoms. The maximum atomic E-state index is 12.4. The van der Waals surface area contributed by atoms with Gasteiger partial charge in [0.15, 0.2) is 17.3 Å². The summed E-state index contributed by atoms with van der Waals surface area (Å²) in [5.41, 5.74) is 1.92. The van der Waals surface area contributed by atoms with Crippen LogP contribution in [0.4, 0.5) is 11.4 Å². The zero-order valence-corrected chi connectivity index (χ0v) is 16.7. The molecule has 2 heterocycles. The number of rotatable bonds is 5. The maximum Gasteiger partial charge on any atom is 0.291 e. The van der Waals surface area contributed by atoms with Crippen LogP contribution in [0, 0.1) is 0 Å². The summed E-state index contributed by atoms with van der Waals surface area (Å²) in [6.07, 6.45) is 2.34. The molecule has 1 aromatic heterocycles. The van der Waals surface area contributed by atoms with Crippen molar-refractivity contribution >= 4 is 34.8 Å². The summed E-state index contributed by atoms with van der Waals surface area (Å²) in [5.74, 6) is 0.752. The summed E-state index contributed by atoms with van der Waals surface area (Å²) in [6.45, 7) is 1.09. The van der Waals surface area contributed by atoms with E-state index in [1.165, 1.54) is 6.26 Å². The average molecular weight is 427 g/mol. The van der Waals surface area contributed by atoms with Gasteiger partial charge in [-0.2, -0.15) is 0 Å². The quantitative estimate of drug-likeness (QED) is 0.625. The van der Waals surface area contributed by atoms with Crippen molar-refractivity contribution in [2.24, 2.45) is 0 Å². The minimum absolute atomic E-state index is 0.132. The first-order valence-electron chi connectivity index (χ1n) is 9.41. The van der Waals surface area contributed by atoms with E-state index in [4.69, 9.17) is 25.5 Å². The van der Waals surface area contributed by atoms with Crippen molar-refractivity contribution in [3.63, 3.8) is 0 Å². The van der Waals surface area contributed by atoms with E-state index in [0.717, 1.165) is 12.0 Å². The van der Waals surface area contributed by atoms with Crippen LogP contribution in [0.1, 0.15) is 22.5 Å². The minimum atomic E-state index is -0.344. The SMILES string of the molecule is O=C(Cc1cc(Cl)c2c(c1)OCCCO2)Nc1ccc(NC(=O)c2ccco2)cc1. The van der Waals surface area contributed by atoms with Crippen LogP contribution in [-0.4, -0.2) is 25.0 Å². The summed E-state index contributed by atoms with van der Waals surface area (Å²) in [7, 11) is 0. The molecule has 154 valence electrons. The van der Waals surface area contributed by atoms with Crippen molar-refractivity contribution in [1.29, 1.82) is 0 Å². The van der Waals surface area contributed by atoms with Crippen molar-refractivity contribution < 1.29 is 23.5 Å². The van der Waals surface area contributed by atoms with Gasteiger partial charge in [-0.05, 0) is 54.1 Å². The number of hydrogen-bond acceptors (Lipinski definition) is 5. The van der Waals surface area contributed by atoms with Gasteiger partial charge in [-0.15, -0.1) is 0 Å². The number of furan rings is 1. The molecular weight excluding hydrogens is 408 g/mol. The van der Waals surface area contributed by atoms with Gasteiger partial charge in [0, 0.05) is 17.8 Å². The number of amides is 2. The highest BCUT2D eigenvalue weighted by Gasteiger charge is 2.17. The molecule has 4 rings (SSSR count). The van der Waals surface area contributed by atoms with E-state index in [1.54, 1.807) is 48.5 Å². The normalized spacial score (nSPS) is 12.7. The predicted molar refractivity (Wildman–Crippen MR) is 112 cm³/mol. The molecule has 0 fully saturated rings. The lowest BCUT2D eigenvalue weighted by molar-refractivity contribution is -0.115. The summed E-state index contributed by atoms with van der Waals surface area (Å²) in [6, 6.07) is 13.5. The fourth-order valence-electron chi connectivity index (χ4n) is 3.01. The van der Waals surface area contributed by atoms with E-state index < -0.39 is 0 Å². The monoisotopic (exact) mass is 426 g/mol. The number of carbonyl (C=O) groups is 2. The predicted octanol–water partition coefficient (Wildman–Crippen LogP) is 4.53. The van der Waals surface area contributed by atoms with E-state index in [9.17, 15) is 9.59 Å². The van der Waals surface area contributed by atoms with E-state index >= 15 is 0 Å². The molecule has 2 aromatic carbocycles. The second-order valence-corrected chi connectivity index (χ2v) is 7.10.